The first-order chi connectivity index (χ1) is 11.0. The molecule has 122 valence electrons. The van der Waals surface area contributed by atoms with Gasteiger partial charge in [-0.25, -0.2) is 4.98 Å². The lowest BCUT2D eigenvalue weighted by molar-refractivity contribution is -0.122. The van der Waals surface area contributed by atoms with Gasteiger partial charge in [0.15, 0.2) is 17.0 Å². The third-order valence-electron chi connectivity index (χ3n) is 3.06. The van der Waals surface area contributed by atoms with Crippen LogP contribution in [0.3, 0.4) is 0 Å². The molecule has 0 saturated carbocycles. The molecule has 0 saturated heterocycles. The lowest BCUT2D eigenvalue weighted by atomic mass is 10.1. The van der Waals surface area contributed by atoms with Crippen molar-refractivity contribution in [3.8, 4) is 5.75 Å². The average molecular weight is 334 g/mol. The van der Waals surface area contributed by atoms with Crippen molar-refractivity contribution in [3.05, 3.63) is 40.9 Å². The topological polar surface area (TPSA) is 88.5 Å². The van der Waals surface area contributed by atoms with Crippen LogP contribution in [0.25, 0.3) is 0 Å². The molecule has 0 fully saturated rings. The number of hydrogen-bond donors (Lipinski definition) is 2. The lowest BCUT2D eigenvalue weighted by Gasteiger charge is -2.14. The first-order valence-electron chi connectivity index (χ1n) is 7.13. The zero-order valence-electron chi connectivity index (χ0n) is 12.9. The highest BCUT2D eigenvalue weighted by Gasteiger charge is 2.17. The number of carbonyl (C=O) groups is 2. The van der Waals surface area contributed by atoms with E-state index in [2.05, 4.69) is 10.3 Å². The van der Waals surface area contributed by atoms with E-state index in [1.807, 2.05) is 0 Å². The first kappa shape index (κ1) is 17.1. The maximum atomic E-state index is 12.1. The molecule has 0 aliphatic rings. The molecule has 0 spiro atoms. The Kier molecular flexibility index (Phi) is 5.84. The molecular formula is C16H18N2O4S. The van der Waals surface area contributed by atoms with Crippen LogP contribution in [0.15, 0.2) is 30.5 Å². The molecule has 1 atom stereocenters. The van der Waals surface area contributed by atoms with E-state index in [9.17, 15) is 9.59 Å². The van der Waals surface area contributed by atoms with Gasteiger partial charge >= 0.3 is 0 Å². The summed E-state index contributed by atoms with van der Waals surface area (Å²) in [5.74, 6) is 0.0651. The standard InChI is InChI=1S/C16H18N2O4S/c1-10(20)12-4-3-5-13(8-12)22-11(2)15(21)18-16-17-9-14(23-16)6-7-19/h3-5,8-9,11,19H,6-7H2,1-2H3,(H,17,18,21)/t11-/m0/s1. The summed E-state index contributed by atoms with van der Waals surface area (Å²) in [6.07, 6.45) is 1.40. The van der Waals surface area contributed by atoms with Gasteiger partial charge in [0.05, 0.1) is 0 Å². The maximum absolute atomic E-state index is 12.1. The van der Waals surface area contributed by atoms with Crippen molar-refractivity contribution in [2.24, 2.45) is 0 Å². The number of rotatable bonds is 7. The van der Waals surface area contributed by atoms with Gasteiger partial charge in [0.2, 0.25) is 0 Å². The fourth-order valence-electron chi connectivity index (χ4n) is 1.84. The Hall–Kier alpha value is -2.25. The molecule has 0 aliphatic carbocycles. The molecule has 1 amide bonds. The number of thiazole rings is 1. The number of aliphatic hydroxyl groups is 1. The SMILES string of the molecule is CC(=O)c1cccc(O[C@@H](C)C(=O)Nc2ncc(CCO)s2)c1. The quantitative estimate of drug-likeness (QED) is 0.759. The fraction of sp³-hybridized carbons (Fsp3) is 0.312. The zero-order chi connectivity index (χ0) is 16.8. The van der Waals surface area contributed by atoms with E-state index in [4.69, 9.17) is 9.84 Å². The molecule has 0 bridgehead atoms. The zero-order valence-corrected chi connectivity index (χ0v) is 13.7. The van der Waals surface area contributed by atoms with Crippen molar-refractivity contribution in [2.45, 2.75) is 26.4 Å². The van der Waals surface area contributed by atoms with Gasteiger partial charge in [-0.05, 0) is 26.0 Å². The Balaban J connectivity index is 1.96. The highest BCUT2D eigenvalue weighted by molar-refractivity contribution is 7.15. The first-order valence-corrected chi connectivity index (χ1v) is 7.95. The van der Waals surface area contributed by atoms with Crippen LogP contribution in [0.5, 0.6) is 5.75 Å². The monoisotopic (exact) mass is 334 g/mol. The molecule has 1 aromatic heterocycles. The van der Waals surface area contributed by atoms with Gasteiger partial charge in [0.25, 0.3) is 5.91 Å². The van der Waals surface area contributed by atoms with E-state index in [1.165, 1.54) is 18.3 Å². The van der Waals surface area contributed by atoms with E-state index < -0.39 is 6.10 Å². The number of amides is 1. The van der Waals surface area contributed by atoms with Gasteiger partial charge in [0.1, 0.15) is 5.75 Å². The Morgan fingerprint density at radius 1 is 1.43 bits per heavy atom. The van der Waals surface area contributed by atoms with Crippen molar-refractivity contribution >= 4 is 28.2 Å². The second-order valence-electron chi connectivity index (χ2n) is 4.94. The van der Waals surface area contributed by atoms with E-state index in [-0.39, 0.29) is 18.3 Å². The highest BCUT2D eigenvalue weighted by atomic mass is 32.1. The summed E-state index contributed by atoms with van der Waals surface area (Å²) in [4.78, 5) is 28.4. The number of benzene rings is 1. The third kappa shape index (κ3) is 4.87. The summed E-state index contributed by atoms with van der Waals surface area (Å²) in [6.45, 7) is 3.14. The molecule has 1 aromatic carbocycles. The van der Waals surface area contributed by atoms with E-state index in [1.54, 1.807) is 37.4 Å². The Morgan fingerprint density at radius 2 is 2.22 bits per heavy atom. The van der Waals surface area contributed by atoms with E-state index >= 15 is 0 Å². The molecule has 6 nitrogen and oxygen atoms in total. The minimum atomic E-state index is -0.734. The van der Waals surface area contributed by atoms with Crippen molar-refractivity contribution in [1.29, 1.82) is 0 Å². The predicted molar refractivity (Wildman–Crippen MR) is 88.1 cm³/mol. The number of nitrogens with one attached hydrogen (secondary N) is 1. The molecule has 2 aromatic rings. The summed E-state index contributed by atoms with van der Waals surface area (Å²) in [5, 5.41) is 12.0. The van der Waals surface area contributed by atoms with Crippen molar-refractivity contribution in [1.82, 2.24) is 4.98 Å². The van der Waals surface area contributed by atoms with Gasteiger partial charge < -0.3 is 9.84 Å². The number of Topliss-reactive ketones (excluding diaryl/α,β-unsaturated/α-hetero) is 1. The summed E-state index contributed by atoms with van der Waals surface area (Å²) in [7, 11) is 0. The molecule has 1 heterocycles. The van der Waals surface area contributed by atoms with Crippen LogP contribution in [-0.4, -0.2) is 34.5 Å². The summed E-state index contributed by atoms with van der Waals surface area (Å²) >= 11 is 1.31. The molecule has 7 heteroatoms. The number of aromatic nitrogens is 1. The van der Waals surface area contributed by atoms with Crippen LogP contribution in [0, 0.1) is 0 Å². The number of anilines is 1. The number of aliphatic hydroxyl groups excluding tert-OH is 1. The molecule has 0 unspecified atom stereocenters. The predicted octanol–water partition coefficient (Wildman–Crippen LogP) is 2.29. The van der Waals surface area contributed by atoms with Gasteiger partial charge in [0, 0.05) is 29.7 Å². The van der Waals surface area contributed by atoms with Crippen LogP contribution in [0.1, 0.15) is 29.1 Å². The van der Waals surface area contributed by atoms with Gasteiger partial charge in [-0.15, -0.1) is 11.3 Å². The van der Waals surface area contributed by atoms with Gasteiger partial charge in [-0.3, -0.25) is 14.9 Å². The lowest BCUT2D eigenvalue weighted by Crippen LogP contribution is -2.30. The summed E-state index contributed by atoms with van der Waals surface area (Å²) in [5.41, 5.74) is 0.531. The molecular weight excluding hydrogens is 316 g/mol. The molecule has 0 radical (unpaired) electrons. The second-order valence-corrected chi connectivity index (χ2v) is 6.05. The van der Waals surface area contributed by atoms with Crippen molar-refractivity contribution in [3.63, 3.8) is 0 Å². The highest BCUT2D eigenvalue weighted by Crippen LogP contribution is 2.20. The minimum Gasteiger partial charge on any atom is -0.481 e. The van der Waals surface area contributed by atoms with Gasteiger partial charge in [-0.2, -0.15) is 0 Å². The van der Waals surface area contributed by atoms with Crippen LogP contribution in [0.4, 0.5) is 5.13 Å². The van der Waals surface area contributed by atoms with Crippen LogP contribution < -0.4 is 10.1 Å². The Bertz CT molecular complexity index is 699. The van der Waals surface area contributed by atoms with Crippen molar-refractivity contribution < 1.29 is 19.4 Å². The minimum absolute atomic E-state index is 0.0432. The largest absolute Gasteiger partial charge is 0.481 e. The van der Waals surface area contributed by atoms with Crippen LogP contribution in [0.2, 0.25) is 0 Å². The third-order valence-corrected chi connectivity index (χ3v) is 4.04. The number of nitrogens with zero attached hydrogens (tertiary/aromatic N) is 1. The molecule has 23 heavy (non-hydrogen) atoms. The number of carbonyl (C=O) groups excluding carboxylic acids is 2. The molecule has 0 aliphatic heterocycles. The van der Waals surface area contributed by atoms with Gasteiger partial charge in [-0.1, -0.05) is 12.1 Å². The number of ether oxygens (including phenoxy) is 1. The Labute approximate surface area is 138 Å². The number of hydrogen-bond acceptors (Lipinski definition) is 6. The average Bonchev–Trinajstić information content (AvgIpc) is 2.95. The molecule has 2 rings (SSSR count). The maximum Gasteiger partial charge on any atom is 0.266 e. The van der Waals surface area contributed by atoms with E-state index in [0.29, 0.717) is 22.9 Å². The fourth-order valence-corrected chi connectivity index (χ4v) is 2.65. The summed E-state index contributed by atoms with van der Waals surface area (Å²) in [6, 6.07) is 6.70. The number of ketones is 1. The Morgan fingerprint density at radius 3 is 2.91 bits per heavy atom. The second kappa shape index (κ2) is 7.85. The summed E-state index contributed by atoms with van der Waals surface area (Å²) < 4.78 is 5.57. The smallest absolute Gasteiger partial charge is 0.266 e. The van der Waals surface area contributed by atoms with Crippen LogP contribution in [-0.2, 0) is 11.2 Å². The van der Waals surface area contributed by atoms with Crippen LogP contribution >= 0.6 is 11.3 Å². The van der Waals surface area contributed by atoms with E-state index in [0.717, 1.165) is 4.88 Å². The van der Waals surface area contributed by atoms with Crippen molar-refractivity contribution in [2.75, 3.05) is 11.9 Å². The molecule has 2 N–H and O–H groups in total. The normalized spacial score (nSPS) is 11.8.